The molecule has 3 N–H and O–H groups in total. The summed E-state index contributed by atoms with van der Waals surface area (Å²) in [6, 6.07) is 8.22. The summed E-state index contributed by atoms with van der Waals surface area (Å²) in [5.74, 6) is 1.39. The lowest BCUT2D eigenvalue weighted by atomic mass is 9.88. The van der Waals surface area contributed by atoms with Crippen LogP contribution >= 0.6 is 0 Å². The number of aromatic hydroxyl groups is 1. The van der Waals surface area contributed by atoms with Crippen molar-refractivity contribution in [3.63, 3.8) is 0 Å². The van der Waals surface area contributed by atoms with Crippen molar-refractivity contribution in [2.24, 2.45) is 0 Å². The summed E-state index contributed by atoms with van der Waals surface area (Å²) < 4.78 is 21.8. The van der Waals surface area contributed by atoms with Crippen LogP contribution in [-0.4, -0.2) is 43.2 Å². The molecule has 8 nitrogen and oxygen atoms in total. The Hall–Kier alpha value is -3.65. The number of methoxy groups -OCH3 is 2. The van der Waals surface area contributed by atoms with Crippen LogP contribution < -0.4 is 24.3 Å². The van der Waals surface area contributed by atoms with Crippen molar-refractivity contribution in [2.75, 3.05) is 21.0 Å². The molecule has 3 aromatic rings. The summed E-state index contributed by atoms with van der Waals surface area (Å²) in [6.45, 7) is 3.37. The summed E-state index contributed by atoms with van der Waals surface area (Å²) >= 11 is 0. The molecule has 1 heterocycles. The minimum Gasteiger partial charge on any atom is -0.507 e. The number of nitrogens with one attached hydrogen (secondary N) is 1. The highest BCUT2D eigenvalue weighted by Crippen LogP contribution is 2.47. The van der Waals surface area contributed by atoms with Gasteiger partial charge in [0.1, 0.15) is 5.75 Å². The van der Waals surface area contributed by atoms with Gasteiger partial charge in [-0.25, -0.2) is 0 Å². The number of fused-ring (bicyclic) bond motifs is 2. The van der Waals surface area contributed by atoms with Crippen molar-refractivity contribution in [1.82, 2.24) is 5.32 Å². The topological polar surface area (TPSA) is 106 Å². The van der Waals surface area contributed by atoms with Crippen molar-refractivity contribution in [1.29, 1.82) is 0 Å². The van der Waals surface area contributed by atoms with Crippen LogP contribution in [0.2, 0.25) is 0 Å². The molecule has 0 spiro atoms. The van der Waals surface area contributed by atoms with Crippen LogP contribution in [0.15, 0.2) is 30.3 Å². The second kappa shape index (κ2) is 8.47. The molecule has 1 aliphatic heterocycles. The van der Waals surface area contributed by atoms with E-state index in [9.17, 15) is 15.0 Å². The highest BCUT2D eigenvalue weighted by molar-refractivity contribution is 6.12. The third-order valence-electron chi connectivity index (χ3n) is 5.30. The summed E-state index contributed by atoms with van der Waals surface area (Å²) in [5.41, 5.74) is 1.49. The van der Waals surface area contributed by atoms with Gasteiger partial charge in [-0.15, -0.1) is 0 Å². The van der Waals surface area contributed by atoms with Crippen LogP contribution in [0.4, 0.5) is 0 Å². The second-order valence-corrected chi connectivity index (χ2v) is 7.72. The zero-order chi connectivity index (χ0) is 23.0. The van der Waals surface area contributed by atoms with Crippen molar-refractivity contribution in [2.45, 2.75) is 26.5 Å². The van der Waals surface area contributed by atoms with Crippen LogP contribution in [0.1, 0.15) is 29.8 Å². The molecule has 0 saturated heterocycles. The summed E-state index contributed by atoms with van der Waals surface area (Å²) in [6.07, 6.45) is 0. The maximum atomic E-state index is 13.3. The monoisotopic (exact) mass is 439 g/mol. The normalized spacial score (nSPS) is 12.3. The molecule has 4 rings (SSSR count). The molecule has 0 atom stereocenters. The van der Waals surface area contributed by atoms with Crippen LogP contribution in [-0.2, 0) is 6.61 Å². The van der Waals surface area contributed by atoms with Crippen LogP contribution in [0.3, 0.4) is 0 Å². The second-order valence-electron chi connectivity index (χ2n) is 7.72. The maximum Gasteiger partial charge on any atom is 0.252 e. The van der Waals surface area contributed by atoms with E-state index in [1.54, 1.807) is 24.3 Å². The van der Waals surface area contributed by atoms with E-state index < -0.39 is 0 Å². The Morgan fingerprint density at radius 2 is 1.72 bits per heavy atom. The Kier molecular flexibility index (Phi) is 5.71. The number of phenolic OH excluding ortho intramolecular Hbond substituents is 1. The van der Waals surface area contributed by atoms with E-state index in [1.165, 1.54) is 20.3 Å². The molecule has 3 aromatic carbocycles. The highest BCUT2D eigenvalue weighted by atomic mass is 16.7. The third kappa shape index (κ3) is 3.62. The molecule has 0 aliphatic carbocycles. The van der Waals surface area contributed by atoms with Gasteiger partial charge in [0.2, 0.25) is 6.79 Å². The average Bonchev–Trinajstić information content (AvgIpc) is 3.22. The van der Waals surface area contributed by atoms with Crippen molar-refractivity contribution in [3.05, 3.63) is 41.5 Å². The third-order valence-corrected chi connectivity index (χ3v) is 5.30. The van der Waals surface area contributed by atoms with Gasteiger partial charge in [0.15, 0.2) is 23.0 Å². The number of carbonyl (C=O) groups is 1. The van der Waals surface area contributed by atoms with Gasteiger partial charge in [-0.1, -0.05) is 0 Å². The van der Waals surface area contributed by atoms with Crippen LogP contribution in [0.25, 0.3) is 21.9 Å². The first-order valence-corrected chi connectivity index (χ1v) is 10.1. The molecule has 32 heavy (non-hydrogen) atoms. The first-order valence-electron chi connectivity index (χ1n) is 10.1. The van der Waals surface area contributed by atoms with E-state index in [4.69, 9.17) is 18.9 Å². The Balaban J connectivity index is 2.12. The lowest BCUT2D eigenvalue weighted by Crippen LogP contribution is -2.31. The number of benzene rings is 3. The summed E-state index contributed by atoms with van der Waals surface area (Å²) in [4.78, 5) is 13.3. The van der Waals surface area contributed by atoms with Gasteiger partial charge in [0.05, 0.1) is 26.4 Å². The molecule has 168 valence electrons. The molecule has 0 radical (unpaired) electrons. The fraction of sp³-hybridized carbons (Fsp3) is 0.292. The van der Waals surface area contributed by atoms with Gasteiger partial charge >= 0.3 is 0 Å². The van der Waals surface area contributed by atoms with Crippen molar-refractivity contribution in [3.8, 4) is 39.9 Å². The van der Waals surface area contributed by atoms with Gasteiger partial charge in [0.25, 0.3) is 5.91 Å². The molecule has 0 fully saturated rings. The Morgan fingerprint density at radius 1 is 1.06 bits per heavy atom. The molecule has 0 unspecified atom stereocenters. The molecule has 1 amide bonds. The van der Waals surface area contributed by atoms with E-state index >= 15 is 0 Å². The van der Waals surface area contributed by atoms with E-state index in [0.717, 1.165) is 0 Å². The lowest BCUT2D eigenvalue weighted by Gasteiger charge is -2.20. The minimum atomic E-state index is -0.372. The number of aliphatic hydroxyl groups excluding tert-OH is 1. The van der Waals surface area contributed by atoms with Crippen molar-refractivity contribution < 1.29 is 34.0 Å². The molecular weight excluding hydrogens is 414 g/mol. The number of hydrogen-bond donors (Lipinski definition) is 3. The quantitative estimate of drug-likeness (QED) is 0.539. The van der Waals surface area contributed by atoms with E-state index in [-0.39, 0.29) is 36.7 Å². The first kappa shape index (κ1) is 21.6. The summed E-state index contributed by atoms with van der Waals surface area (Å²) in [5, 5.41) is 25.3. The Morgan fingerprint density at radius 3 is 2.34 bits per heavy atom. The predicted octanol–water partition coefficient (Wildman–Crippen LogP) is 3.59. The summed E-state index contributed by atoms with van der Waals surface area (Å²) in [7, 11) is 3.06. The average molecular weight is 439 g/mol. The van der Waals surface area contributed by atoms with E-state index in [0.29, 0.717) is 50.5 Å². The number of ether oxygens (including phenoxy) is 4. The number of hydrogen-bond acceptors (Lipinski definition) is 7. The standard InChI is InChI=1S/C24H25NO7/c1-12(2)25-24(28)22-14(10-26)5-13-6-18(29-3)19(30-4)7-15(13)23(22)16-8-20-21(9-17(16)27)32-11-31-20/h5-9,12,26-27H,10-11H2,1-4H3,(H,25,28). The Labute approximate surface area is 185 Å². The smallest absolute Gasteiger partial charge is 0.252 e. The zero-order valence-electron chi connectivity index (χ0n) is 18.3. The number of rotatable bonds is 6. The largest absolute Gasteiger partial charge is 0.507 e. The Bertz CT molecular complexity index is 1200. The van der Waals surface area contributed by atoms with Gasteiger partial charge in [-0.05, 0) is 54.4 Å². The fourth-order valence-electron chi connectivity index (χ4n) is 3.92. The lowest BCUT2D eigenvalue weighted by molar-refractivity contribution is 0.0941. The van der Waals surface area contributed by atoms with Crippen LogP contribution in [0.5, 0.6) is 28.7 Å². The zero-order valence-corrected chi connectivity index (χ0v) is 18.3. The molecular formula is C24H25NO7. The number of carbonyl (C=O) groups excluding carboxylic acids is 1. The molecule has 8 heteroatoms. The van der Waals surface area contributed by atoms with Gasteiger partial charge in [-0.2, -0.15) is 0 Å². The minimum absolute atomic E-state index is 0.0430. The van der Waals surface area contributed by atoms with Crippen LogP contribution in [0, 0.1) is 0 Å². The highest BCUT2D eigenvalue weighted by Gasteiger charge is 2.26. The molecule has 1 aliphatic rings. The van der Waals surface area contributed by atoms with Crippen molar-refractivity contribution >= 4 is 16.7 Å². The number of phenols is 1. The van der Waals surface area contributed by atoms with E-state index in [1.807, 2.05) is 13.8 Å². The first-order chi connectivity index (χ1) is 15.4. The van der Waals surface area contributed by atoms with Gasteiger partial charge in [-0.3, -0.25) is 4.79 Å². The maximum absolute atomic E-state index is 13.3. The number of amides is 1. The van der Waals surface area contributed by atoms with Gasteiger partial charge in [0, 0.05) is 23.2 Å². The number of aliphatic hydroxyl groups is 1. The van der Waals surface area contributed by atoms with E-state index in [2.05, 4.69) is 5.32 Å². The predicted molar refractivity (Wildman–Crippen MR) is 119 cm³/mol. The molecule has 0 aromatic heterocycles. The SMILES string of the molecule is COc1cc2cc(CO)c(C(=O)NC(C)C)c(-c3cc4c(cc3O)OCO4)c2cc1OC. The van der Waals surface area contributed by atoms with Gasteiger partial charge < -0.3 is 34.5 Å². The molecule has 0 bridgehead atoms. The molecule has 0 saturated carbocycles. The fourth-order valence-corrected chi connectivity index (χ4v) is 3.92.